The van der Waals surface area contributed by atoms with Gasteiger partial charge in [-0.15, -0.1) is 0 Å². The molecule has 0 amide bonds. The van der Waals surface area contributed by atoms with Gasteiger partial charge in [0, 0.05) is 19.8 Å². The average Bonchev–Trinajstić information content (AvgIpc) is 3.26. The number of hydrogen-bond acceptors (Lipinski definition) is 4. The number of hydrogen-bond donors (Lipinski definition) is 2. The second-order valence-corrected chi connectivity index (χ2v) is 6.93. The van der Waals surface area contributed by atoms with E-state index < -0.39 is 20.7 Å². The Bertz CT molecular complexity index is 572. The highest BCUT2D eigenvalue weighted by molar-refractivity contribution is 7.89. The van der Waals surface area contributed by atoms with E-state index in [0.29, 0.717) is 24.5 Å². The molecule has 1 aromatic carbocycles. The predicted octanol–water partition coefficient (Wildman–Crippen LogP) is 1.41. The van der Waals surface area contributed by atoms with Crippen LogP contribution in [0.2, 0.25) is 0 Å². The first-order valence-corrected chi connectivity index (χ1v) is 8.48. The van der Waals surface area contributed by atoms with Gasteiger partial charge in [-0.05, 0) is 42.9 Å². The minimum Gasteiger partial charge on any atom is -0.392 e. The fraction of sp³-hybridized carbons (Fsp3) is 0.571. The van der Waals surface area contributed by atoms with Crippen molar-refractivity contribution in [1.29, 1.82) is 0 Å². The number of halogens is 1. The van der Waals surface area contributed by atoms with Crippen molar-refractivity contribution in [2.45, 2.75) is 30.8 Å². The highest BCUT2D eigenvalue weighted by Gasteiger charge is 2.21. The van der Waals surface area contributed by atoms with Crippen molar-refractivity contribution in [2.24, 2.45) is 5.92 Å². The first kappa shape index (κ1) is 16.4. The number of nitrogens with one attached hydrogen (secondary N) is 1. The zero-order valence-corrected chi connectivity index (χ0v) is 12.5. The average molecular weight is 317 g/mol. The molecule has 0 spiro atoms. The molecule has 7 heteroatoms. The quantitative estimate of drug-likeness (QED) is 0.675. The van der Waals surface area contributed by atoms with Crippen LogP contribution in [0.25, 0.3) is 0 Å². The summed E-state index contributed by atoms with van der Waals surface area (Å²) < 4.78 is 45.3. The molecule has 0 aromatic heterocycles. The molecule has 2 N–H and O–H groups in total. The number of aliphatic hydroxyl groups excluding tert-OH is 1. The lowest BCUT2D eigenvalue weighted by atomic mass is 10.2. The van der Waals surface area contributed by atoms with Gasteiger partial charge in [-0.1, -0.05) is 6.07 Å². The second-order valence-electron chi connectivity index (χ2n) is 5.19. The summed E-state index contributed by atoms with van der Waals surface area (Å²) in [7, 11) is -3.87. The number of benzene rings is 1. The number of aliphatic hydroxyl groups is 1. The van der Waals surface area contributed by atoms with Crippen molar-refractivity contribution >= 4 is 10.0 Å². The summed E-state index contributed by atoms with van der Waals surface area (Å²) in [5, 5.41) is 8.88. The van der Waals surface area contributed by atoms with Gasteiger partial charge < -0.3 is 9.84 Å². The predicted molar refractivity (Wildman–Crippen MR) is 75.7 cm³/mol. The summed E-state index contributed by atoms with van der Waals surface area (Å²) in [4.78, 5) is -0.404. The van der Waals surface area contributed by atoms with Crippen molar-refractivity contribution in [1.82, 2.24) is 4.72 Å². The molecule has 1 aliphatic carbocycles. The molecule has 0 heterocycles. The van der Waals surface area contributed by atoms with Gasteiger partial charge in [-0.25, -0.2) is 17.5 Å². The third-order valence-corrected chi connectivity index (χ3v) is 4.77. The van der Waals surface area contributed by atoms with Crippen LogP contribution < -0.4 is 4.72 Å². The third-order valence-electron chi connectivity index (χ3n) is 3.28. The van der Waals surface area contributed by atoms with Crippen LogP contribution in [0.15, 0.2) is 23.1 Å². The Morgan fingerprint density at radius 1 is 1.38 bits per heavy atom. The van der Waals surface area contributed by atoms with Crippen LogP contribution in [0, 0.1) is 11.7 Å². The first-order chi connectivity index (χ1) is 10.0. The van der Waals surface area contributed by atoms with E-state index in [9.17, 15) is 12.8 Å². The Hall–Kier alpha value is -1.02. The summed E-state index contributed by atoms with van der Waals surface area (Å²) in [6, 6.07) is 3.57. The van der Waals surface area contributed by atoms with Crippen molar-refractivity contribution in [3.8, 4) is 0 Å². The molecule has 0 aliphatic heterocycles. The molecule has 1 aromatic rings. The summed E-state index contributed by atoms with van der Waals surface area (Å²) in [6.07, 6.45) is 2.98. The van der Waals surface area contributed by atoms with E-state index in [2.05, 4.69) is 4.72 Å². The minimum absolute atomic E-state index is 0.203. The number of sulfonamides is 1. The fourth-order valence-electron chi connectivity index (χ4n) is 1.85. The van der Waals surface area contributed by atoms with E-state index in [1.54, 1.807) is 0 Å². The lowest BCUT2D eigenvalue weighted by Crippen LogP contribution is -2.26. The molecule has 2 rings (SSSR count). The van der Waals surface area contributed by atoms with Crippen LogP contribution in [0.1, 0.15) is 24.8 Å². The van der Waals surface area contributed by atoms with Crippen LogP contribution in [0.4, 0.5) is 4.39 Å². The number of rotatable bonds is 9. The van der Waals surface area contributed by atoms with Crippen molar-refractivity contribution in [2.75, 3.05) is 19.8 Å². The van der Waals surface area contributed by atoms with Crippen LogP contribution in [-0.4, -0.2) is 33.3 Å². The normalized spacial score (nSPS) is 15.3. The van der Waals surface area contributed by atoms with Crippen LogP contribution in [0.3, 0.4) is 0 Å². The van der Waals surface area contributed by atoms with Gasteiger partial charge in [0.25, 0.3) is 0 Å². The SMILES string of the molecule is O=S(=O)(NCCCOCC1CC1)c1ccc(CO)cc1F. The number of ether oxygens (including phenoxy) is 1. The van der Waals surface area contributed by atoms with E-state index in [-0.39, 0.29) is 13.2 Å². The van der Waals surface area contributed by atoms with Crippen molar-refractivity contribution in [3.05, 3.63) is 29.6 Å². The molecular weight excluding hydrogens is 297 g/mol. The highest BCUT2D eigenvalue weighted by atomic mass is 32.2. The molecule has 0 unspecified atom stereocenters. The van der Waals surface area contributed by atoms with Gasteiger partial charge in [0.05, 0.1) is 6.61 Å². The van der Waals surface area contributed by atoms with E-state index in [0.717, 1.165) is 18.7 Å². The molecule has 118 valence electrons. The maximum Gasteiger partial charge on any atom is 0.243 e. The summed E-state index contributed by atoms with van der Waals surface area (Å²) >= 11 is 0. The Kier molecular flexibility index (Phi) is 5.69. The maximum absolute atomic E-state index is 13.7. The summed E-state index contributed by atoms with van der Waals surface area (Å²) in [5.74, 6) is -0.181. The zero-order chi connectivity index (χ0) is 15.3. The molecule has 0 saturated heterocycles. The summed E-state index contributed by atoms with van der Waals surface area (Å²) in [6.45, 7) is 1.10. The van der Waals surface area contributed by atoms with Gasteiger partial charge in [0.2, 0.25) is 10.0 Å². The summed E-state index contributed by atoms with van der Waals surface area (Å²) in [5.41, 5.74) is 0.333. The van der Waals surface area contributed by atoms with E-state index in [1.807, 2.05) is 0 Å². The molecular formula is C14H20FNO4S. The minimum atomic E-state index is -3.87. The van der Waals surface area contributed by atoms with Crippen LogP contribution in [0.5, 0.6) is 0 Å². The third kappa shape index (κ3) is 5.03. The molecule has 1 aliphatic rings. The Morgan fingerprint density at radius 2 is 2.14 bits per heavy atom. The Labute approximate surface area is 124 Å². The van der Waals surface area contributed by atoms with E-state index in [4.69, 9.17) is 9.84 Å². The second kappa shape index (κ2) is 7.31. The zero-order valence-electron chi connectivity index (χ0n) is 11.7. The maximum atomic E-state index is 13.7. The first-order valence-electron chi connectivity index (χ1n) is 6.99. The lowest BCUT2D eigenvalue weighted by Gasteiger charge is -2.09. The van der Waals surface area contributed by atoms with Crippen LogP contribution >= 0.6 is 0 Å². The van der Waals surface area contributed by atoms with Gasteiger partial charge in [0.1, 0.15) is 10.7 Å². The van der Waals surface area contributed by atoms with Gasteiger partial charge >= 0.3 is 0 Å². The Morgan fingerprint density at radius 3 is 2.76 bits per heavy atom. The molecule has 1 fully saturated rings. The highest BCUT2D eigenvalue weighted by Crippen LogP contribution is 2.28. The lowest BCUT2D eigenvalue weighted by molar-refractivity contribution is 0.123. The molecule has 5 nitrogen and oxygen atoms in total. The standard InChI is InChI=1S/C14H20FNO4S/c15-13-8-12(9-17)4-5-14(13)21(18,19)16-6-1-7-20-10-11-2-3-11/h4-5,8,11,16-17H,1-3,6-7,9-10H2. The molecule has 0 radical (unpaired) electrons. The molecule has 0 bridgehead atoms. The largest absolute Gasteiger partial charge is 0.392 e. The van der Waals surface area contributed by atoms with Crippen molar-refractivity contribution < 1.29 is 22.7 Å². The van der Waals surface area contributed by atoms with Gasteiger partial charge in [0.15, 0.2) is 0 Å². The molecule has 1 saturated carbocycles. The van der Waals surface area contributed by atoms with Crippen molar-refractivity contribution in [3.63, 3.8) is 0 Å². The molecule has 0 atom stereocenters. The van der Waals surface area contributed by atoms with Gasteiger partial charge in [-0.2, -0.15) is 0 Å². The fourth-order valence-corrected chi connectivity index (χ4v) is 2.99. The topological polar surface area (TPSA) is 75.6 Å². The van der Waals surface area contributed by atoms with E-state index in [1.165, 1.54) is 18.9 Å². The Balaban J connectivity index is 1.80. The monoisotopic (exact) mass is 317 g/mol. The van der Waals surface area contributed by atoms with E-state index >= 15 is 0 Å². The van der Waals surface area contributed by atoms with Gasteiger partial charge in [-0.3, -0.25) is 0 Å². The van der Waals surface area contributed by atoms with Crippen LogP contribution in [-0.2, 0) is 21.4 Å². The smallest absolute Gasteiger partial charge is 0.243 e. The molecule has 21 heavy (non-hydrogen) atoms.